The van der Waals surface area contributed by atoms with E-state index in [9.17, 15) is 0 Å². The fourth-order valence-corrected chi connectivity index (χ4v) is 1.59. The Bertz CT molecular complexity index is 242. The molecule has 0 saturated carbocycles. The number of ether oxygens (including phenoxy) is 1. The van der Waals surface area contributed by atoms with Crippen molar-refractivity contribution in [3.05, 3.63) is 30.3 Å². The Balaban J connectivity index is 0.000000531. The minimum absolute atomic E-state index is 0.740. The van der Waals surface area contributed by atoms with Crippen LogP contribution in [0.3, 0.4) is 0 Å². The molecule has 0 radical (unpaired) electrons. The molecule has 15 heavy (non-hydrogen) atoms. The van der Waals surface area contributed by atoms with Crippen molar-refractivity contribution >= 4 is 0 Å². The molecule has 0 aliphatic carbocycles. The maximum absolute atomic E-state index is 5.62. The minimum atomic E-state index is 0.740. The van der Waals surface area contributed by atoms with Crippen LogP contribution in [0, 0.1) is 0 Å². The Kier molecular flexibility index (Phi) is 5.86. The molecule has 0 aromatic heterocycles. The van der Waals surface area contributed by atoms with Crippen LogP contribution in [0.4, 0.5) is 0 Å². The van der Waals surface area contributed by atoms with Gasteiger partial charge in [-0.1, -0.05) is 32.0 Å². The third kappa shape index (κ3) is 4.34. The summed E-state index contributed by atoms with van der Waals surface area (Å²) in [5.74, 6) is 0.967. The maximum Gasteiger partial charge on any atom is 0.142 e. The molecular formula is C13H21NO. The van der Waals surface area contributed by atoms with Crippen LogP contribution in [0.15, 0.2) is 30.3 Å². The van der Waals surface area contributed by atoms with Crippen LogP contribution in [-0.2, 0) is 0 Å². The van der Waals surface area contributed by atoms with Crippen molar-refractivity contribution < 1.29 is 4.74 Å². The van der Waals surface area contributed by atoms with Gasteiger partial charge in [-0.2, -0.15) is 0 Å². The van der Waals surface area contributed by atoms with Gasteiger partial charge in [-0.05, 0) is 25.0 Å². The molecule has 1 fully saturated rings. The first-order valence-electron chi connectivity index (χ1n) is 5.85. The lowest BCUT2D eigenvalue weighted by Crippen LogP contribution is -2.24. The second kappa shape index (κ2) is 7.30. The second-order valence-corrected chi connectivity index (χ2v) is 3.41. The summed E-state index contributed by atoms with van der Waals surface area (Å²) >= 11 is 0. The molecule has 2 nitrogen and oxygen atoms in total. The molecule has 0 N–H and O–H groups in total. The molecule has 0 spiro atoms. The van der Waals surface area contributed by atoms with Crippen LogP contribution < -0.4 is 4.74 Å². The van der Waals surface area contributed by atoms with Crippen molar-refractivity contribution in [2.24, 2.45) is 0 Å². The highest BCUT2D eigenvalue weighted by Crippen LogP contribution is 2.11. The maximum atomic E-state index is 5.62. The Hall–Kier alpha value is -1.02. The normalized spacial score (nSPS) is 15.6. The fraction of sp³-hybridized carbons (Fsp3) is 0.538. The van der Waals surface area contributed by atoms with Gasteiger partial charge in [0.25, 0.3) is 0 Å². The van der Waals surface area contributed by atoms with Crippen LogP contribution in [0.25, 0.3) is 0 Å². The lowest BCUT2D eigenvalue weighted by atomic mass is 10.3. The molecule has 0 amide bonds. The summed E-state index contributed by atoms with van der Waals surface area (Å²) < 4.78 is 5.62. The van der Waals surface area contributed by atoms with Gasteiger partial charge in [0, 0.05) is 13.1 Å². The van der Waals surface area contributed by atoms with E-state index in [2.05, 4.69) is 4.90 Å². The molecule has 1 aromatic rings. The first-order chi connectivity index (χ1) is 7.45. The zero-order valence-electron chi connectivity index (χ0n) is 9.78. The lowest BCUT2D eigenvalue weighted by Gasteiger charge is -2.15. The summed E-state index contributed by atoms with van der Waals surface area (Å²) in [5.41, 5.74) is 0. The van der Waals surface area contributed by atoms with Crippen molar-refractivity contribution in [1.82, 2.24) is 4.90 Å². The van der Waals surface area contributed by atoms with E-state index < -0.39 is 0 Å². The smallest absolute Gasteiger partial charge is 0.142 e. The molecule has 2 rings (SSSR count). The predicted octanol–water partition coefficient (Wildman–Crippen LogP) is 3.14. The van der Waals surface area contributed by atoms with E-state index in [0.29, 0.717) is 0 Å². The van der Waals surface area contributed by atoms with Crippen molar-refractivity contribution in [3.8, 4) is 5.75 Å². The third-order valence-corrected chi connectivity index (χ3v) is 2.36. The minimum Gasteiger partial charge on any atom is -0.478 e. The summed E-state index contributed by atoms with van der Waals surface area (Å²) in [6.07, 6.45) is 2.64. The van der Waals surface area contributed by atoms with Crippen molar-refractivity contribution in [1.29, 1.82) is 0 Å². The van der Waals surface area contributed by atoms with E-state index in [1.165, 1.54) is 25.9 Å². The van der Waals surface area contributed by atoms with Gasteiger partial charge in [0.2, 0.25) is 0 Å². The third-order valence-electron chi connectivity index (χ3n) is 2.36. The predicted molar refractivity (Wildman–Crippen MR) is 64.1 cm³/mol. The van der Waals surface area contributed by atoms with Crippen LogP contribution in [0.1, 0.15) is 26.7 Å². The number of para-hydroxylation sites is 1. The van der Waals surface area contributed by atoms with Gasteiger partial charge in [-0.15, -0.1) is 0 Å². The summed E-state index contributed by atoms with van der Waals surface area (Å²) in [5, 5.41) is 0. The Morgan fingerprint density at radius 3 is 2.27 bits per heavy atom. The zero-order valence-corrected chi connectivity index (χ0v) is 9.78. The van der Waals surface area contributed by atoms with E-state index >= 15 is 0 Å². The van der Waals surface area contributed by atoms with Crippen molar-refractivity contribution in [2.45, 2.75) is 26.7 Å². The highest BCUT2D eigenvalue weighted by atomic mass is 16.5. The largest absolute Gasteiger partial charge is 0.478 e. The molecule has 1 aromatic carbocycles. The summed E-state index contributed by atoms with van der Waals surface area (Å²) in [7, 11) is 0. The van der Waals surface area contributed by atoms with Gasteiger partial charge in [-0.25, -0.2) is 0 Å². The highest BCUT2D eigenvalue weighted by molar-refractivity contribution is 5.20. The number of likely N-dealkylation sites (tertiary alicyclic amines) is 1. The average molecular weight is 207 g/mol. The van der Waals surface area contributed by atoms with Crippen LogP contribution in [-0.4, -0.2) is 24.7 Å². The monoisotopic (exact) mass is 207 g/mol. The molecule has 1 saturated heterocycles. The first-order valence-corrected chi connectivity index (χ1v) is 5.85. The Morgan fingerprint density at radius 1 is 1.07 bits per heavy atom. The van der Waals surface area contributed by atoms with Gasteiger partial charge in [0.05, 0.1) is 0 Å². The number of nitrogens with zero attached hydrogens (tertiary/aromatic N) is 1. The molecule has 2 heteroatoms. The summed E-state index contributed by atoms with van der Waals surface area (Å²) in [6.45, 7) is 7.11. The van der Waals surface area contributed by atoms with Gasteiger partial charge in [0.1, 0.15) is 12.5 Å². The molecule has 0 bridgehead atoms. The van der Waals surface area contributed by atoms with E-state index in [1.54, 1.807) is 0 Å². The van der Waals surface area contributed by atoms with E-state index in [0.717, 1.165) is 12.5 Å². The van der Waals surface area contributed by atoms with E-state index in [-0.39, 0.29) is 0 Å². The summed E-state index contributed by atoms with van der Waals surface area (Å²) in [6, 6.07) is 9.99. The molecule has 0 unspecified atom stereocenters. The number of benzene rings is 1. The molecule has 1 heterocycles. The number of rotatable bonds is 3. The molecule has 1 aliphatic heterocycles. The SMILES string of the molecule is CC.c1ccc(OCN2CCCC2)cc1. The highest BCUT2D eigenvalue weighted by Gasteiger charge is 2.10. The van der Waals surface area contributed by atoms with E-state index in [1.807, 2.05) is 44.2 Å². The topological polar surface area (TPSA) is 12.5 Å². The summed E-state index contributed by atoms with van der Waals surface area (Å²) in [4.78, 5) is 2.34. The van der Waals surface area contributed by atoms with Gasteiger partial charge in [0.15, 0.2) is 0 Å². The lowest BCUT2D eigenvalue weighted by molar-refractivity contribution is 0.152. The fourth-order valence-electron chi connectivity index (χ4n) is 1.59. The molecule has 1 aliphatic rings. The standard InChI is InChI=1S/C11H15NO.C2H6/c1-2-6-11(7-3-1)13-10-12-8-4-5-9-12;1-2/h1-3,6-7H,4-5,8-10H2;1-2H3. The van der Waals surface area contributed by atoms with Gasteiger partial charge < -0.3 is 4.74 Å². The second-order valence-electron chi connectivity index (χ2n) is 3.41. The molecule has 84 valence electrons. The quantitative estimate of drug-likeness (QED) is 0.755. The average Bonchev–Trinajstić information content (AvgIpc) is 2.83. The van der Waals surface area contributed by atoms with Crippen LogP contribution >= 0.6 is 0 Å². The van der Waals surface area contributed by atoms with Gasteiger partial charge in [-0.3, -0.25) is 4.90 Å². The zero-order chi connectivity index (χ0) is 10.9. The van der Waals surface area contributed by atoms with Crippen LogP contribution in [0.5, 0.6) is 5.75 Å². The molecule has 0 atom stereocenters. The van der Waals surface area contributed by atoms with Crippen LogP contribution in [0.2, 0.25) is 0 Å². The molecular weight excluding hydrogens is 186 g/mol. The van der Waals surface area contributed by atoms with Gasteiger partial charge >= 0.3 is 0 Å². The first kappa shape index (κ1) is 12.1. The number of hydrogen-bond acceptors (Lipinski definition) is 2. The van der Waals surface area contributed by atoms with Crippen molar-refractivity contribution in [2.75, 3.05) is 19.8 Å². The Labute approximate surface area is 92.9 Å². The van der Waals surface area contributed by atoms with E-state index in [4.69, 9.17) is 4.74 Å². The number of hydrogen-bond donors (Lipinski definition) is 0. The Morgan fingerprint density at radius 2 is 1.67 bits per heavy atom. The van der Waals surface area contributed by atoms with Crippen molar-refractivity contribution in [3.63, 3.8) is 0 Å².